The summed E-state index contributed by atoms with van der Waals surface area (Å²) in [7, 11) is 3.38. The lowest BCUT2D eigenvalue weighted by Crippen LogP contribution is -2.28. The van der Waals surface area contributed by atoms with E-state index in [0.29, 0.717) is 6.42 Å². The van der Waals surface area contributed by atoms with Gasteiger partial charge in [0, 0.05) is 0 Å². The molecule has 1 N–H and O–H groups in total. The molecule has 3 nitrogen and oxygen atoms in total. The molecule has 1 radical (unpaired) electrons. The van der Waals surface area contributed by atoms with Gasteiger partial charge in [-0.2, -0.15) is 0 Å². The average molecular weight is 192 g/mol. The van der Waals surface area contributed by atoms with Gasteiger partial charge in [0.1, 0.15) is 5.75 Å². The molecule has 0 aliphatic carbocycles. The average Bonchev–Trinajstić information content (AvgIpc) is 2.26. The SMILES string of the molecule is CN[C@H]([C]=O)Cc1ccc(OC)cc1. The molecule has 0 aliphatic rings. The summed E-state index contributed by atoms with van der Waals surface area (Å²) >= 11 is 0. The Morgan fingerprint density at radius 3 is 2.50 bits per heavy atom. The summed E-state index contributed by atoms with van der Waals surface area (Å²) < 4.78 is 5.03. The van der Waals surface area contributed by atoms with E-state index < -0.39 is 0 Å². The maximum Gasteiger partial charge on any atom is 0.217 e. The largest absolute Gasteiger partial charge is 0.497 e. The summed E-state index contributed by atoms with van der Waals surface area (Å²) in [6.45, 7) is 0. The molecule has 14 heavy (non-hydrogen) atoms. The van der Waals surface area contributed by atoms with Gasteiger partial charge in [0.25, 0.3) is 0 Å². The highest BCUT2D eigenvalue weighted by molar-refractivity contribution is 5.59. The molecule has 0 fully saturated rings. The van der Waals surface area contributed by atoms with Crippen LogP contribution >= 0.6 is 0 Å². The van der Waals surface area contributed by atoms with Crippen LogP contribution in [-0.2, 0) is 11.2 Å². The van der Waals surface area contributed by atoms with Crippen molar-refractivity contribution < 1.29 is 9.53 Å². The Morgan fingerprint density at radius 1 is 1.43 bits per heavy atom. The van der Waals surface area contributed by atoms with Crippen molar-refractivity contribution in [1.29, 1.82) is 0 Å². The van der Waals surface area contributed by atoms with E-state index in [9.17, 15) is 4.79 Å². The maximum absolute atomic E-state index is 10.5. The third-order valence-corrected chi connectivity index (χ3v) is 2.09. The molecule has 1 aromatic carbocycles. The number of hydrogen-bond donors (Lipinski definition) is 1. The zero-order valence-electron chi connectivity index (χ0n) is 8.41. The van der Waals surface area contributed by atoms with Gasteiger partial charge in [0.15, 0.2) is 0 Å². The number of rotatable bonds is 5. The normalized spacial score (nSPS) is 12.1. The van der Waals surface area contributed by atoms with Gasteiger partial charge in [-0.3, -0.25) is 4.79 Å². The highest BCUT2D eigenvalue weighted by Gasteiger charge is 2.05. The lowest BCUT2D eigenvalue weighted by Gasteiger charge is -2.08. The smallest absolute Gasteiger partial charge is 0.217 e. The van der Waals surface area contributed by atoms with E-state index in [0.717, 1.165) is 11.3 Å². The first kappa shape index (κ1) is 10.7. The van der Waals surface area contributed by atoms with Crippen LogP contribution in [0.1, 0.15) is 5.56 Å². The van der Waals surface area contributed by atoms with Crippen molar-refractivity contribution in [2.24, 2.45) is 0 Å². The third-order valence-electron chi connectivity index (χ3n) is 2.09. The molecule has 0 saturated carbocycles. The van der Waals surface area contributed by atoms with Crippen LogP contribution in [0.5, 0.6) is 5.75 Å². The van der Waals surface area contributed by atoms with E-state index in [1.165, 1.54) is 0 Å². The Hall–Kier alpha value is -1.35. The van der Waals surface area contributed by atoms with E-state index in [2.05, 4.69) is 5.32 Å². The van der Waals surface area contributed by atoms with Crippen LogP contribution in [-0.4, -0.2) is 26.5 Å². The minimum absolute atomic E-state index is 0.233. The quantitative estimate of drug-likeness (QED) is 0.754. The van der Waals surface area contributed by atoms with Crippen molar-refractivity contribution in [2.45, 2.75) is 12.5 Å². The molecule has 0 aliphatic heterocycles. The van der Waals surface area contributed by atoms with Crippen LogP contribution in [0.2, 0.25) is 0 Å². The number of nitrogens with one attached hydrogen (secondary N) is 1. The number of benzene rings is 1. The van der Waals surface area contributed by atoms with Gasteiger partial charge in [-0.15, -0.1) is 0 Å². The molecule has 0 unspecified atom stereocenters. The fourth-order valence-electron chi connectivity index (χ4n) is 1.20. The van der Waals surface area contributed by atoms with E-state index in [1.54, 1.807) is 14.2 Å². The Balaban J connectivity index is 2.63. The molecule has 3 heteroatoms. The fourth-order valence-corrected chi connectivity index (χ4v) is 1.20. The summed E-state index contributed by atoms with van der Waals surface area (Å²) in [5.41, 5.74) is 1.09. The first-order valence-electron chi connectivity index (χ1n) is 4.48. The van der Waals surface area contributed by atoms with E-state index >= 15 is 0 Å². The van der Waals surface area contributed by atoms with Gasteiger partial charge in [0.2, 0.25) is 6.29 Å². The molecule has 0 saturated heterocycles. The van der Waals surface area contributed by atoms with E-state index in [1.807, 2.05) is 30.6 Å². The molecule has 75 valence electrons. The number of ether oxygens (including phenoxy) is 1. The summed E-state index contributed by atoms with van der Waals surface area (Å²) in [4.78, 5) is 10.5. The first-order chi connectivity index (χ1) is 6.80. The first-order valence-corrected chi connectivity index (χ1v) is 4.48. The van der Waals surface area contributed by atoms with Gasteiger partial charge in [-0.05, 0) is 31.2 Å². The van der Waals surface area contributed by atoms with Gasteiger partial charge in [0.05, 0.1) is 13.2 Å². The molecule has 0 aromatic heterocycles. The third kappa shape index (κ3) is 2.85. The topological polar surface area (TPSA) is 38.3 Å². The predicted octanol–water partition coefficient (Wildman–Crippen LogP) is 0.935. The van der Waals surface area contributed by atoms with Crippen LogP contribution in [0, 0.1) is 0 Å². The Labute approximate surface area is 84.1 Å². The Morgan fingerprint density at radius 2 is 2.07 bits per heavy atom. The van der Waals surface area contributed by atoms with Crippen molar-refractivity contribution in [2.75, 3.05) is 14.2 Å². The van der Waals surface area contributed by atoms with Crippen molar-refractivity contribution >= 4 is 6.29 Å². The molecule has 1 atom stereocenters. The van der Waals surface area contributed by atoms with Gasteiger partial charge in [-0.25, -0.2) is 0 Å². The highest BCUT2D eigenvalue weighted by Crippen LogP contribution is 2.12. The van der Waals surface area contributed by atoms with Crippen molar-refractivity contribution in [1.82, 2.24) is 5.32 Å². The lowest BCUT2D eigenvalue weighted by molar-refractivity contribution is 0.414. The van der Waals surface area contributed by atoms with Gasteiger partial charge >= 0.3 is 0 Å². The predicted molar refractivity (Wildman–Crippen MR) is 55.2 cm³/mol. The molecule has 0 spiro atoms. The van der Waals surface area contributed by atoms with Crippen LogP contribution in [0.3, 0.4) is 0 Å². The molecule has 1 aromatic rings. The zero-order chi connectivity index (χ0) is 10.4. The Bertz CT molecular complexity index is 282. The van der Waals surface area contributed by atoms with Crippen LogP contribution in [0.25, 0.3) is 0 Å². The summed E-state index contributed by atoms with van der Waals surface area (Å²) in [5, 5.41) is 2.87. The van der Waals surface area contributed by atoms with Crippen molar-refractivity contribution in [3.63, 3.8) is 0 Å². The Kier molecular flexibility index (Phi) is 4.13. The molecular formula is C11H14NO2. The van der Waals surface area contributed by atoms with E-state index in [-0.39, 0.29) is 6.04 Å². The summed E-state index contributed by atoms with van der Waals surface area (Å²) in [5.74, 6) is 0.824. The van der Waals surface area contributed by atoms with Crippen LogP contribution in [0.4, 0.5) is 0 Å². The number of methoxy groups -OCH3 is 1. The van der Waals surface area contributed by atoms with E-state index in [4.69, 9.17) is 4.74 Å². The summed E-state index contributed by atoms with van der Waals surface area (Å²) in [6.07, 6.45) is 2.59. The molecule has 0 bridgehead atoms. The molecule has 1 rings (SSSR count). The second-order valence-corrected chi connectivity index (χ2v) is 3.01. The maximum atomic E-state index is 10.5. The van der Waals surface area contributed by atoms with Crippen molar-refractivity contribution in [3.05, 3.63) is 29.8 Å². The van der Waals surface area contributed by atoms with Gasteiger partial charge < -0.3 is 10.1 Å². The zero-order valence-corrected chi connectivity index (χ0v) is 8.41. The lowest BCUT2D eigenvalue weighted by atomic mass is 10.1. The second kappa shape index (κ2) is 5.40. The standard InChI is InChI=1S/C11H14NO2/c1-12-10(8-13)7-9-3-5-11(14-2)6-4-9/h3-6,10,12H,7H2,1-2H3/t10-/m0/s1. The van der Waals surface area contributed by atoms with Gasteiger partial charge in [-0.1, -0.05) is 12.1 Å². The monoisotopic (exact) mass is 192 g/mol. The number of hydrogen-bond acceptors (Lipinski definition) is 3. The molecular weight excluding hydrogens is 178 g/mol. The minimum atomic E-state index is -0.233. The van der Waals surface area contributed by atoms with Crippen LogP contribution in [0.15, 0.2) is 24.3 Å². The number of likely N-dealkylation sites (N-methyl/N-ethyl adjacent to an activating group) is 1. The molecule has 0 amide bonds. The highest BCUT2D eigenvalue weighted by atomic mass is 16.5. The van der Waals surface area contributed by atoms with Crippen LogP contribution < -0.4 is 10.1 Å². The molecule has 0 heterocycles. The summed E-state index contributed by atoms with van der Waals surface area (Å²) in [6, 6.07) is 7.42. The minimum Gasteiger partial charge on any atom is -0.497 e. The fraction of sp³-hybridized carbons (Fsp3) is 0.364. The second-order valence-electron chi connectivity index (χ2n) is 3.01. The van der Waals surface area contributed by atoms with Crippen molar-refractivity contribution in [3.8, 4) is 5.75 Å². The number of carbonyl (C=O) groups excluding carboxylic acids is 1.